The number of aromatic nitrogens is 2. The smallest absolute Gasteiger partial charge is 0.170 e. The summed E-state index contributed by atoms with van der Waals surface area (Å²) in [6.45, 7) is 0.570. The molecule has 4 heterocycles. The zero-order valence-corrected chi connectivity index (χ0v) is 17.8. The Morgan fingerprint density at radius 1 is 1.06 bits per heavy atom. The summed E-state index contributed by atoms with van der Waals surface area (Å²) < 4.78 is 13.1. The highest BCUT2D eigenvalue weighted by molar-refractivity contribution is 7.80. The van der Waals surface area contributed by atoms with E-state index >= 15 is 0 Å². The van der Waals surface area contributed by atoms with E-state index in [2.05, 4.69) is 50.2 Å². The average Bonchev–Trinajstić information content (AvgIpc) is 3.56. The zero-order valence-electron chi connectivity index (χ0n) is 17.0. The summed E-state index contributed by atoms with van der Waals surface area (Å²) in [5.74, 6) is 1.69. The summed E-state index contributed by atoms with van der Waals surface area (Å²) in [4.78, 5) is 6.78. The van der Waals surface area contributed by atoms with Crippen molar-refractivity contribution in [3.8, 4) is 11.4 Å². The molecule has 0 spiro atoms. The normalized spacial score (nSPS) is 18.2. The van der Waals surface area contributed by atoms with Crippen LogP contribution in [0.3, 0.4) is 0 Å². The lowest BCUT2D eigenvalue weighted by atomic mass is 10.0. The summed E-state index contributed by atoms with van der Waals surface area (Å²) in [6, 6.07) is 21.9. The topological polar surface area (TPSA) is 55.5 Å². The van der Waals surface area contributed by atoms with Crippen molar-refractivity contribution in [3.63, 3.8) is 0 Å². The van der Waals surface area contributed by atoms with E-state index in [4.69, 9.17) is 21.4 Å². The van der Waals surface area contributed by atoms with Gasteiger partial charge in [0.05, 0.1) is 37.7 Å². The summed E-state index contributed by atoms with van der Waals surface area (Å²) in [5, 5.41) is 4.17. The summed E-state index contributed by atoms with van der Waals surface area (Å²) in [5.41, 5.74) is 3.11. The van der Waals surface area contributed by atoms with Crippen molar-refractivity contribution in [1.29, 1.82) is 0 Å². The molecule has 1 saturated heterocycles. The largest absolute Gasteiger partial charge is 0.497 e. The van der Waals surface area contributed by atoms with Gasteiger partial charge in [0.2, 0.25) is 0 Å². The van der Waals surface area contributed by atoms with E-state index in [9.17, 15) is 0 Å². The van der Waals surface area contributed by atoms with E-state index in [0.29, 0.717) is 11.7 Å². The number of pyridine rings is 1. The highest BCUT2D eigenvalue weighted by Crippen LogP contribution is 2.40. The number of hydrogen-bond donors (Lipinski definition) is 1. The number of thiocarbonyl (C=S) groups is 1. The quantitative estimate of drug-likeness (QED) is 0.450. The number of hydrogen-bond acceptors (Lipinski definition) is 4. The van der Waals surface area contributed by atoms with Crippen molar-refractivity contribution >= 4 is 17.3 Å². The van der Waals surface area contributed by atoms with Crippen molar-refractivity contribution in [1.82, 2.24) is 19.8 Å². The first-order chi connectivity index (χ1) is 15.2. The molecule has 1 N–H and O–H groups in total. The number of methoxy groups -OCH3 is 1. The minimum absolute atomic E-state index is 0.0652. The zero-order chi connectivity index (χ0) is 21.2. The van der Waals surface area contributed by atoms with E-state index < -0.39 is 0 Å². The molecule has 0 aliphatic carbocycles. The van der Waals surface area contributed by atoms with Gasteiger partial charge in [0.25, 0.3) is 0 Å². The fraction of sp³-hybridized carbons (Fsp3) is 0.167. The molecule has 7 heteroatoms. The van der Waals surface area contributed by atoms with Gasteiger partial charge in [-0.25, -0.2) is 0 Å². The van der Waals surface area contributed by atoms with Gasteiger partial charge in [-0.15, -0.1) is 0 Å². The summed E-state index contributed by atoms with van der Waals surface area (Å²) in [7, 11) is 1.67. The molecule has 0 bridgehead atoms. The van der Waals surface area contributed by atoms with Crippen LogP contribution in [0.5, 0.6) is 5.75 Å². The Balaban J connectivity index is 1.58. The van der Waals surface area contributed by atoms with E-state index in [1.54, 1.807) is 13.4 Å². The molecular formula is C24H22N4O2S. The maximum atomic E-state index is 5.75. The van der Waals surface area contributed by atoms with Crippen LogP contribution in [-0.4, -0.2) is 26.7 Å². The first-order valence-corrected chi connectivity index (χ1v) is 10.5. The second-order valence-electron chi connectivity index (χ2n) is 7.33. The van der Waals surface area contributed by atoms with Crippen LogP contribution in [-0.2, 0) is 6.54 Å². The minimum Gasteiger partial charge on any atom is -0.497 e. The Bertz CT molecular complexity index is 1160. The number of benzene rings is 1. The molecular weight excluding hydrogens is 408 g/mol. The number of nitrogens with one attached hydrogen (secondary N) is 1. The van der Waals surface area contributed by atoms with Gasteiger partial charge in [-0.3, -0.25) is 4.98 Å². The molecule has 4 aromatic rings. The average molecular weight is 431 g/mol. The molecule has 1 aliphatic heterocycles. The molecule has 0 saturated carbocycles. The minimum atomic E-state index is -0.0874. The van der Waals surface area contributed by atoms with E-state index in [1.807, 2.05) is 48.7 Å². The number of rotatable bonds is 6. The van der Waals surface area contributed by atoms with Crippen LogP contribution in [0.15, 0.2) is 89.8 Å². The Labute approximate surface area is 186 Å². The lowest BCUT2D eigenvalue weighted by molar-refractivity contribution is 0.280. The SMILES string of the molecule is COc1ccc(-n2cccc2[C@H]2[C@@H](c3ccccn3)NC(=S)N2Cc2ccco2)cc1. The maximum absolute atomic E-state index is 5.75. The van der Waals surface area contributed by atoms with Gasteiger partial charge in [-0.05, 0) is 72.9 Å². The molecule has 1 aliphatic rings. The fourth-order valence-corrected chi connectivity index (χ4v) is 4.39. The van der Waals surface area contributed by atoms with Gasteiger partial charge >= 0.3 is 0 Å². The van der Waals surface area contributed by atoms with Crippen LogP contribution in [0.25, 0.3) is 5.69 Å². The first-order valence-electron chi connectivity index (χ1n) is 10.1. The number of ether oxygens (including phenoxy) is 1. The molecule has 156 valence electrons. The van der Waals surface area contributed by atoms with Crippen molar-refractivity contribution in [3.05, 3.63) is 103 Å². The predicted octanol–water partition coefficient (Wildman–Crippen LogP) is 4.65. The van der Waals surface area contributed by atoms with Crippen molar-refractivity contribution in [2.75, 3.05) is 7.11 Å². The third-order valence-corrected chi connectivity index (χ3v) is 5.89. The van der Waals surface area contributed by atoms with E-state index in [0.717, 1.165) is 28.6 Å². The summed E-state index contributed by atoms with van der Waals surface area (Å²) >= 11 is 5.75. The Morgan fingerprint density at radius 2 is 1.94 bits per heavy atom. The molecule has 0 radical (unpaired) electrons. The lowest BCUT2D eigenvalue weighted by Crippen LogP contribution is -2.29. The number of furan rings is 1. The van der Waals surface area contributed by atoms with Gasteiger partial charge in [-0.1, -0.05) is 6.07 Å². The molecule has 1 fully saturated rings. The van der Waals surface area contributed by atoms with E-state index in [1.165, 1.54) is 0 Å². The molecule has 5 rings (SSSR count). The van der Waals surface area contributed by atoms with E-state index in [-0.39, 0.29) is 12.1 Å². The molecule has 6 nitrogen and oxygen atoms in total. The van der Waals surface area contributed by atoms with Gasteiger partial charge in [-0.2, -0.15) is 0 Å². The van der Waals surface area contributed by atoms with Crippen LogP contribution in [0.1, 0.15) is 29.2 Å². The fourth-order valence-electron chi connectivity index (χ4n) is 4.08. The van der Waals surface area contributed by atoms with Gasteiger partial charge in [0.15, 0.2) is 5.11 Å². The van der Waals surface area contributed by atoms with Crippen LogP contribution in [0, 0.1) is 0 Å². The molecule has 1 aromatic carbocycles. The van der Waals surface area contributed by atoms with Gasteiger partial charge in [0, 0.05) is 23.8 Å². The molecule has 0 unspecified atom stereocenters. The monoisotopic (exact) mass is 430 g/mol. The highest BCUT2D eigenvalue weighted by atomic mass is 32.1. The third-order valence-electron chi connectivity index (χ3n) is 5.54. The Kier molecular flexibility index (Phi) is 5.18. The summed E-state index contributed by atoms with van der Waals surface area (Å²) in [6.07, 6.45) is 5.57. The Morgan fingerprint density at radius 3 is 2.65 bits per heavy atom. The Hall–Kier alpha value is -3.58. The van der Waals surface area contributed by atoms with Crippen LogP contribution >= 0.6 is 12.2 Å². The first kappa shape index (κ1) is 19.4. The predicted molar refractivity (Wildman–Crippen MR) is 122 cm³/mol. The van der Waals surface area contributed by atoms with Crippen molar-refractivity contribution in [2.45, 2.75) is 18.6 Å². The molecule has 3 aromatic heterocycles. The van der Waals surface area contributed by atoms with Crippen molar-refractivity contribution < 1.29 is 9.15 Å². The molecule has 2 atom stereocenters. The second-order valence-corrected chi connectivity index (χ2v) is 7.72. The second kappa shape index (κ2) is 8.28. The highest BCUT2D eigenvalue weighted by Gasteiger charge is 2.41. The van der Waals surface area contributed by atoms with Crippen molar-refractivity contribution in [2.24, 2.45) is 0 Å². The maximum Gasteiger partial charge on any atom is 0.170 e. The van der Waals surface area contributed by atoms with Gasteiger partial charge in [0.1, 0.15) is 11.5 Å². The third kappa shape index (κ3) is 3.68. The molecule has 31 heavy (non-hydrogen) atoms. The number of nitrogens with zero attached hydrogens (tertiary/aromatic N) is 3. The van der Waals surface area contributed by atoms with Crippen LogP contribution in [0.2, 0.25) is 0 Å². The molecule has 0 amide bonds. The standard InChI is InChI=1S/C24H22N4O2S/c1-29-18-11-9-17(10-12-18)27-14-4-8-21(27)23-22(20-7-2-3-13-25-20)26-24(31)28(23)16-19-6-5-15-30-19/h2-15,22-23H,16H2,1H3,(H,26,31)/t22-,23+/m1/s1. The van der Waals surface area contributed by atoms with Gasteiger partial charge < -0.3 is 23.9 Å². The lowest BCUT2D eigenvalue weighted by Gasteiger charge is -2.28. The van der Waals surface area contributed by atoms with Crippen LogP contribution < -0.4 is 10.1 Å². The van der Waals surface area contributed by atoms with Crippen LogP contribution in [0.4, 0.5) is 0 Å².